The summed E-state index contributed by atoms with van der Waals surface area (Å²) in [6.07, 6.45) is 0. The van der Waals surface area contributed by atoms with E-state index in [2.05, 4.69) is 5.10 Å². The highest BCUT2D eigenvalue weighted by Crippen LogP contribution is 2.11. The zero-order valence-electron chi connectivity index (χ0n) is 10.4. The maximum absolute atomic E-state index is 8.96. The molecular weight excluding hydrogens is 231 g/mol. The van der Waals surface area contributed by atoms with Gasteiger partial charge in [0, 0.05) is 7.05 Å². The summed E-state index contributed by atoms with van der Waals surface area (Å²) in [4.78, 5) is 0. The van der Waals surface area contributed by atoms with Crippen LogP contribution in [0, 0.1) is 6.92 Å². The van der Waals surface area contributed by atoms with Crippen molar-refractivity contribution in [2.75, 3.05) is 0 Å². The van der Waals surface area contributed by atoms with Crippen LogP contribution in [0.1, 0.15) is 11.4 Å². The summed E-state index contributed by atoms with van der Waals surface area (Å²) < 4.78 is 7.38. The van der Waals surface area contributed by atoms with Crippen molar-refractivity contribution in [1.29, 1.82) is 0 Å². The average molecular weight is 246 g/mol. The number of hydrogen-bond donors (Lipinski definition) is 2. The van der Waals surface area contributed by atoms with E-state index in [4.69, 9.17) is 14.8 Å². The number of aromatic nitrogens is 2. The molecule has 1 heterocycles. The highest BCUT2D eigenvalue weighted by Gasteiger charge is 2.10. The Hall–Kier alpha value is -1.79. The monoisotopic (exact) mass is 246 g/mol. The van der Waals surface area contributed by atoms with Crippen LogP contribution in [0.2, 0.25) is 0 Å². The smallest absolute Gasteiger partial charge is 0.487 e. The van der Waals surface area contributed by atoms with Gasteiger partial charge in [0.05, 0.1) is 11.4 Å². The van der Waals surface area contributed by atoms with E-state index in [9.17, 15) is 0 Å². The number of nitrogens with zero attached hydrogens (tertiary/aromatic N) is 2. The van der Waals surface area contributed by atoms with Crippen LogP contribution in [0.4, 0.5) is 0 Å². The highest BCUT2D eigenvalue weighted by atomic mass is 16.5. The molecule has 6 heteroatoms. The Bertz CT molecular complexity index is 523. The second kappa shape index (κ2) is 5.24. The van der Waals surface area contributed by atoms with E-state index in [0.29, 0.717) is 17.8 Å². The number of benzene rings is 1. The number of aryl methyl sites for hydroxylation is 2. The predicted molar refractivity (Wildman–Crippen MR) is 68.5 cm³/mol. The SMILES string of the molecule is Cc1cc(COc2ccc(B(O)O)cc2)n(C)n1. The molecule has 94 valence electrons. The molecule has 0 atom stereocenters. The van der Waals surface area contributed by atoms with Gasteiger partial charge in [-0.1, -0.05) is 12.1 Å². The molecule has 18 heavy (non-hydrogen) atoms. The van der Waals surface area contributed by atoms with Crippen LogP contribution < -0.4 is 10.2 Å². The van der Waals surface area contributed by atoms with Crippen LogP contribution in [0.3, 0.4) is 0 Å². The molecule has 1 aromatic carbocycles. The van der Waals surface area contributed by atoms with E-state index in [1.165, 1.54) is 0 Å². The van der Waals surface area contributed by atoms with Gasteiger partial charge in [0.15, 0.2) is 0 Å². The Labute approximate surface area is 106 Å². The van der Waals surface area contributed by atoms with Gasteiger partial charge in [0.1, 0.15) is 12.4 Å². The summed E-state index contributed by atoms with van der Waals surface area (Å²) in [6.45, 7) is 2.36. The minimum atomic E-state index is -1.45. The second-order valence-electron chi connectivity index (χ2n) is 4.13. The Balaban J connectivity index is 2.00. The third kappa shape index (κ3) is 2.91. The maximum Gasteiger partial charge on any atom is 0.488 e. The van der Waals surface area contributed by atoms with Crippen molar-refractivity contribution < 1.29 is 14.8 Å². The molecule has 2 rings (SSSR count). The summed E-state index contributed by atoms with van der Waals surface area (Å²) in [5.74, 6) is 0.679. The first kappa shape index (κ1) is 12.7. The zero-order valence-corrected chi connectivity index (χ0v) is 10.4. The van der Waals surface area contributed by atoms with Crippen LogP contribution in [0.5, 0.6) is 5.75 Å². The van der Waals surface area contributed by atoms with Gasteiger partial charge in [0.25, 0.3) is 0 Å². The van der Waals surface area contributed by atoms with Gasteiger partial charge in [-0.15, -0.1) is 0 Å². The molecule has 0 saturated carbocycles. The molecule has 0 spiro atoms. The fourth-order valence-electron chi connectivity index (χ4n) is 1.69. The van der Waals surface area contributed by atoms with E-state index < -0.39 is 7.12 Å². The van der Waals surface area contributed by atoms with Crippen LogP contribution in [0.25, 0.3) is 0 Å². The van der Waals surface area contributed by atoms with E-state index >= 15 is 0 Å². The van der Waals surface area contributed by atoms with Gasteiger partial charge >= 0.3 is 7.12 Å². The minimum Gasteiger partial charge on any atom is -0.487 e. The summed E-state index contributed by atoms with van der Waals surface area (Å²) in [6, 6.07) is 8.62. The maximum atomic E-state index is 8.96. The van der Waals surface area contributed by atoms with E-state index in [-0.39, 0.29) is 0 Å². The van der Waals surface area contributed by atoms with Gasteiger partial charge in [-0.25, -0.2) is 0 Å². The second-order valence-corrected chi connectivity index (χ2v) is 4.13. The van der Waals surface area contributed by atoms with Crippen molar-refractivity contribution in [3.63, 3.8) is 0 Å². The third-order valence-corrected chi connectivity index (χ3v) is 2.66. The first-order valence-electron chi connectivity index (χ1n) is 5.64. The largest absolute Gasteiger partial charge is 0.488 e. The number of hydrogen-bond acceptors (Lipinski definition) is 4. The van der Waals surface area contributed by atoms with Crippen molar-refractivity contribution in [1.82, 2.24) is 9.78 Å². The van der Waals surface area contributed by atoms with Crippen molar-refractivity contribution >= 4 is 12.6 Å². The van der Waals surface area contributed by atoms with Gasteiger partial charge in [0.2, 0.25) is 0 Å². The van der Waals surface area contributed by atoms with Gasteiger partial charge in [-0.2, -0.15) is 5.10 Å². The van der Waals surface area contributed by atoms with Crippen molar-refractivity contribution in [3.8, 4) is 5.75 Å². The summed E-state index contributed by atoms with van der Waals surface area (Å²) in [5, 5.41) is 22.2. The van der Waals surface area contributed by atoms with Crippen molar-refractivity contribution in [2.24, 2.45) is 7.05 Å². The standard InChI is InChI=1S/C12H15BN2O3/c1-9-7-11(15(2)14-9)8-18-12-5-3-10(4-6-12)13(16)17/h3-7,16-17H,8H2,1-2H3. The lowest BCUT2D eigenvalue weighted by Gasteiger charge is -2.07. The molecule has 5 nitrogen and oxygen atoms in total. The van der Waals surface area contributed by atoms with Crippen LogP contribution in [-0.4, -0.2) is 26.9 Å². The Morgan fingerprint density at radius 2 is 1.94 bits per heavy atom. The molecule has 0 aliphatic heterocycles. The van der Waals surface area contributed by atoms with E-state index in [0.717, 1.165) is 11.4 Å². The fraction of sp³-hybridized carbons (Fsp3) is 0.250. The van der Waals surface area contributed by atoms with Crippen molar-refractivity contribution in [3.05, 3.63) is 41.7 Å². The molecule has 2 N–H and O–H groups in total. The fourth-order valence-corrected chi connectivity index (χ4v) is 1.69. The lowest BCUT2D eigenvalue weighted by atomic mass is 9.80. The average Bonchev–Trinajstić information content (AvgIpc) is 2.66. The van der Waals surface area contributed by atoms with Gasteiger partial charge < -0.3 is 14.8 Å². The van der Waals surface area contributed by atoms with Gasteiger partial charge in [-0.05, 0) is 30.6 Å². The van der Waals surface area contributed by atoms with Crippen LogP contribution in [0.15, 0.2) is 30.3 Å². The third-order valence-electron chi connectivity index (χ3n) is 2.66. The lowest BCUT2D eigenvalue weighted by molar-refractivity contribution is 0.295. The quantitative estimate of drug-likeness (QED) is 0.744. The minimum absolute atomic E-state index is 0.429. The number of rotatable bonds is 4. The molecule has 1 aromatic heterocycles. The van der Waals surface area contributed by atoms with E-state index in [1.54, 1.807) is 28.9 Å². The summed E-state index contributed by atoms with van der Waals surface area (Å²) in [5.41, 5.74) is 2.38. The normalized spacial score (nSPS) is 10.4. The Kier molecular flexibility index (Phi) is 3.69. The molecular formula is C12H15BN2O3. The Morgan fingerprint density at radius 1 is 1.28 bits per heavy atom. The first-order valence-corrected chi connectivity index (χ1v) is 5.64. The molecule has 0 unspecified atom stereocenters. The zero-order chi connectivity index (χ0) is 13.1. The molecule has 0 aliphatic carbocycles. The molecule has 0 radical (unpaired) electrons. The van der Waals surface area contributed by atoms with E-state index in [1.807, 2.05) is 20.0 Å². The van der Waals surface area contributed by atoms with Gasteiger partial charge in [-0.3, -0.25) is 4.68 Å². The molecule has 0 aliphatic rings. The lowest BCUT2D eigenvalue weighted by Crippen LogP contribution is -2.29. The molecule has 2 aromatic rings. The molecule has 0 saturated heterocycles. The Morgan fingerprint density at radius 3 is 2.44 bits per heavy atom. The molecule has 0 fully saturated rings. The summed E-state index contributed by atoms with van der Waals surface area (Å²) in [7, 11) is 0.426. The first-order chi connectivity index (χ1) is 8.56. The molecule has 0 amide bonds. The van der Waals surface area contributed by atoms with Crippen LogP contribution >= 0.6 is 0 Å². The number of ether oxygens (including phenoxy) is 1. The van der Waals surface area contributed by atoms with Crippen molar-refractivity contribution in [2.45, 2.75) is 13.5 Å². The summed E-state index contributed by atoms with van der Waals surface area (Å²) >= 11 is 0. The molecule has 0 bridgehead atoms. The predicted octanol–water partition coefficient (Wildman–Crippen LogP) is -0.0127. The topological polar surface area (TPSA) is 67.5 Å². The highest BCUT2D eigenvalue weighted by molar-refractivity contribution is 6.58. The van der Waals surface area contributed by atoms with Crippen LogP contribution in [-0.2, 0) is 13.7 Å².